The quantitative estimate of drug-likeness (QED) is 0.557. The molecule has 0 spiro atoms. The van der Waals surface area contributed by atoms with Crippen LogP contribution in [0.5, 0.6) is 0 Å². The van der Waals surface area contributed by atoms with Crippen LogP contribution in [0.1, 0.15) is 43.2 Å². The normalized spacial score (nSPS) is 22.0. The molecule has 0 saturated heterocycles. The Morgan fingerprint density at radius 3 is 2.19 bits per heavy atom. The summed E-state index contributed by atoms with van der Waals surface area (Å²) in [6.07, 6.45) is 7.35. The first kappa shape index (κ1) is 24.3. The van der Waals surface area contributed by atoms with E-state index in [1.807, 2.05) is 19.0 Å². The third kappa shape index (κ3) is 7.64. The summed E-state index contributed by atoms with van der Waals surface area (Å²) in [5.74, 6) is -0.278. The van der Waals surface area contributed by atoms with Gasteiger partial charge in [0, 0.05) is 25.3 Å². The molecule has 7 heteroatoms. The van der Waals surface area contributed by atoms with E-state index in [2.05, 4.69) is 45.5 Å². The van der Waals surface area contributed by atoms with E-state index in [9.17, 15) is 9.59 Å². The maximum absolute atomic E-state index is 12.8. The van der Waals surface area contributed by atoms with Gasteiger partial charge in [0.05, 0.1) is 6.54 Å². The van der Waals surface area contributed by atoms with Crippen LogP contribution in [0.3, 0.4) is 0 Å². The van der Waals surface area contributed by atoms with E-state index in [0.29, 0.717) is 13.1 Å². The first-order valence-corrected chi connectivity index (χ1v) is 12.0. The molecule has 0 aromatic heterocycles. The van der Waals surface area contributed by atoms with Crippen molar-refractivity contribution < 1.29 is 9.59 Å². The summed E-state index contributed by atoms with van der Waals surface area (Å²) < 4.78 is 0. The average molecular weight is 442 g/mol. The first-order valence-electron chi connectivity index (χ1n) is 12.0. The topological polar surface area (TPSA) is 85.5 Å². The van der Waals surface area contributed by atoms with Crippen molar-refractivity contribution in [3.63, 3.8) is 0 Å². The standard InChI is InChI=1S/C25H39N5O2/c1-30(2)18-23-25(32)27-15-7-13-20-9-4-3-8-19(20)12-6-14-26-16-22(21-10-5-11-21)28-17-24(31)29-23/h3-4,8-9,23,26,28H,5-7,10-18H2,1-2H3,(H,27,32)(H,29,31). The zero-order valence-electron chi connectivity index (χ0n) is 19.6. The number of carbonyl (C=O) groups is 2. The fourth-order valence-electron chi connectivity index (χ4n) is 4.24. The molecule has 1 fully saturated rings. The van der Waals surface area contributed by atoms with Crippen molar-refractivity contribution in [2.24, 2.45) is 0 Å². The molecule has 7 nitrogen and oxygen atoms in total. The van der Waals surface area contributed by atoms with E-state index in [-0.39, 0.29) is 18.4 Å². The second kappa shape index (κ2) is 12.6. The van der Waals surface area contributed by atoms with Gasteiger partial charge >= 0.3 is 0 Å². The molecule has 2 amide bonds. The van der Waals surface area contributed by atoms with Crippen LogP contribution in [0, 0.1) is 0 Å². The van der Waals surface area contributed by atoms with Gasteiger partial charge in [-0.2, -0.15) is 0 Å². The highest BCUT2D eigenvalue weighted by Gasteiger charge is 2.22. The number of allylic oxidation sites excluding steroid dienone is 1. The maximum atomic E-state index is 12.8. The number of fused-ring (bicyclic) bond motifs is 1. The second-order valence-corrected chi connectivity index (χ2v) is 9.12. The molecule has 1 saturated carbocycles. The largest absolute Gasteiger partial charge is 0.379 e. The zero-order chi connectivity index (χ0) is 22.8. The lowest BCUT2D eigenvalue weighted by Gasteiger charge is -2.25. The Balaban J connectivity index is 1.70. The van der Waals surface area contributed by atoms with Crippen LogP contribution in [0.15, 0.2) is 35.5 Å². The van der Waals surface area contributed by atoms with Gasteiger partial charge in [0.25, 0.3) is 0 Å². The van der Waals surface area contributed by atoms with Gasteiger partial charge in [-0.3, -0.25) is 9.59 Å². The van der Waals surface area contributed by atoms with Gasteiger partial charge in [0.1, 0.15) is 6.04 Å². The number of hydrogen-bond donors (Lipinski definition) is 4. The van der Waals surface area contributed by atoms with Crippen LogP contribution in [-0.2, 0) is 22.4 Å². The van der Waals surface area contributed by atoms with E-state index >= 15 is 0 Å². The lowest BCUT2D eigenvalue weighted by Crippen LogP contribution is -2.53. The summed E-state index contributed by atoms with van der Waals surface area (Å²) >= 11 is 0. The predicted octanol–water partition coefficient (Wildman–Crippen LogP) is 1.35. The van der Waals surface area contributed by atoms with E-state index in [1.165, 1.54) is 23.1 Å². The Morgan fingerprint density at radius 2 is 1.56 bits per heavy atom. The van der Waals surface area contributed by atoms with Gasteiger partial charge in [-0.25, -0.2) is 0 Å². The number of likely N-dealkylation sites (N-methyl/N-ethyl adjacent to an activating group) is 1. The number of carbonyl (C=O) groups excluding carboxylic acids is 2. The Morgan fingerprint density at radius 1 is 0.875 bits per heavy atom. The Hall–Kier alpha value is -2.38. The van der Waals surface area contributed by atoms with Crippen LogP contribution in [0.4, 0.5) is 0 Å². The van der Waals surface area contributed by atoms with Crippen LogP contribution in [0.2, 0.25) is 0 Å². The summed E-state index contributed by atoms with van der Waals surface area (Å²) in [7, 11) is 3.82. The molecule has 32 heavy (non-hydrogen) atoms. The van der Waals surface area contributed by atoms with Gasteiger partial charge < -0.3 is 26.2 Å². The number of amides is 2. The third-order valence-electron chi connectivity index (χ3n) is 6.19. The van der Waals surface area contributed by atoms with Crippen molar-refractivity contribution >= 4 is 11.8 Å². The van der Waals surface area contributed by atoms with E-state index in [1.54, 1.807) is 0 Å². The van der Waals surface area contributed by atoms with E-state index in [4.69, 9.17) is 0 Å². The van der Waals surface area contributed by atoms with Gasteiger partial charge in [-0.1, -0.05) is 24.3 Å². The SMILES string of the molecule is CN(C)CC1NC(=O)CNC(=C2CCC2)CNCCCc2ccccc2CCCNC1=O. The molecule has 1 unspecified atom stereocenters. The molecular formula is C25H39N5O2. The molecule has 176 valence electrons. The van der Waals surface area contributed by atoms with Crippen molar-refractivity contribution in [3.05, 3.63) is 46.7 Å². The molecule has 1 aromatic carbocycles. The molecule has 0 radical (unpaired) electrons. The first-order chi connectivity index (χ1) is 15.5. The highest BCUT2D eigenvalue weighted by atomic mass is 16.2. The molecule has 1 atom stereocenters. The summed E-state index contributed by atoms with van der Waals surface area (Å²) in [5.41, 5.74) is 5.31. The molecule has 1 aromatic rings. The average Bonchev–Trinajstić information content (AvgIpc) is 2.72. The Labute approximate surface area is 192 Å². The highest BCUT2D eigenvalue weighted by molar-refractivity contribution is 5.88. The third-order valence-corrected chi connectivity index (χ3v) is 6.19. The zero-order valence-corrected chi connectivity index (χ0v) is 19.6. The highest BCUT2D eigenvalue weighted by Crippen LogP contribution is 2.27. The summed E-state index contributed by atoms with van der Waals surface area (Å²) in [6.45, 7) is 2.95. The molecule has 4 N–H and O–H groups in total. The molecule has 1 aliphatic heterocycles. The monoisotopic (exact) mass is 441 g/mol. The molecule has 2 aliphatic rings. The summed E-state index contributed by atoms with van der Waals surface area (Å²) in [6, 6.07) is 8.05. The van der Waals surface area contributed by atoms with Crippen molar-refractivity contribution in [2.45, 2.75) is 51.0 Å². The van der Waals surface area contributed by atoms with Crippen LogP contribution in [0.25, 0.3) is 0 Å². The number of benzene rings is 1. The summed E-state index contributed by atoms with van der Waals surface area (Å²) in [5, 5.41) is 12.8. The number of nitrogens with one attached hydrogen (secondary N) is 4. The lowest BCUT2D eigenvalue weighted by molar-refractivity contribution is -0.128. The van der Waals surface area contributed by atoms with Gasteiger partial charge in [0.15, 0.2) is 0 Å². The van der Waals surface area contributed by atoms with Gasteiger partial charge in [0.2, 0.25) is 11.8 Å². The molecule has 1 heterocycles. The Kier molecular flexibility index (Phi) is 9.56. The molecule has 0 bridgehead atoms. The van der Waals surface area contributed by atoms with Gasteiger partial charge in [-0.15, -0.1) is 0 Å². The molecule has 3 rings (SSSR count). The van der Waals surface area contributed by atoms with Crippen LogP contribution < -0.4 is 21.3 Å². The number of rotatable bonds is 2. The number of nitrogens with zero attached hydrogens (tertiary/aromatic N) is 1. The fourth-order valence-corrected chi connectivity index (χ4v) is 4.24. The number of hydrogen-bond acceptors (Lipinski definition) is 5. The smallest absolute Gasteiger partial charge is 0.243 e. The van der Waals surface area contributed by atoms with Crippen molar-refractivity contribution in [3.8, 4) is 0 Å². The predicted molar refractivity (Wildman–Crippen MR) is 128 cm³/mol. The molecule has 1 aliphatic carbocycles. The van der Waals surface area contributed by atoms with Crippen molar-refractivity contribution in [1.82, 2.24) is 26.2 Å². The summed E-state index contributed by atoms with van der Waals surface area (Å²) in [4.78, 5) is 27.3. The Bertz CT molecular complexity index is 799. The minimum absolute atomic E-state index is 0.124. The minimum Gasteiger partial charge on any atom is -0.379 e. The second-order valence-electron chi connectivity index (χ2n) is 9.12. The van der Waals surface area contributed by atoms with Crippen LogP contribution >= 0.6 is 0 Å². The fraction of sp³-hybridized carbons (Fsp3) is 0.600. The number of aryl methyl sites for hydroxylation is 2. The molecular weight excluding hydrogens is 402 g/mol. The van der Waals surface area contributed by atoms with Crippen molar-refractivity contribution in [1.29, 1.82) is 0 Å². The van der Waals surface area contributed by atoms with E-state index < -0.39 is 6.04 Å². The van der Waals surface area contributed by atoms with Gasteiger partial charge in [-0.05, 0) is 82.3 Å². The maximum Gasteiger partial charge on any atom is 0.243 e. The van der Waals surface area contributed by atoms with Crippen LogP contribution in [-0.4, -0.2) is 69.6 Å². The van der Waals surface area contributed by atoms with Crippen molar-refractivity contribution in [2.75, 3.05) is 46.8 Å². The minimum atomic E-state index is -0.566. The van der Waals surface area contributed by atoms with E-state index in [0.717, 1.165) is 57.3 Å². The lowest BCUT2D eigenvalue weighted by atomic mass is 9.90.